The van der Waals surface area contributed by atoms with Crippen LogP contribution >= 0.6 is 0 Å². The second-order valence-electron chi connectivity index (χ2n) is 3.39. The third kappa shape index (κ3) is 2.01. The molecule has 5 nitrogen and oxygen atoms in total. The molecule has 2 aromatic heterocycles. The van der Waals surface area contributed by atoms with Crippen LogP contribution in [0.25, 0.3) is 11.5 Å². The topological polar surface area (TPSA) is 56.5 Å². The molecule has 0 aliphatic rings. The lowest BCUT2D eigenvalue weighted by Crippen LogP contribution is -2.00. The van der Waals surface area contributed by atoms with E-state index in [1.54, 1.807) is 18.7 Å². The molecule has 0 N–H and O–H groups in total. The van der Waals surface area contributed by atoms with E-state index in [0.717, 1.165) is 30.2 Å². The molecule has 2 heterocycles. The standard InChI is InChI=1S/C10H13N5/c1-3-4-15-7-13-14-10(15)9-6-11-8(2)5-12-9/h5-7H,3-4H2,1-2H3. The van der Waals surface area contributed by atoms with Crippen molar-refractivity contribution < 1.29 is 0 Å². The average molecular weight is 203 g/mol. The van der Waals surface area contributed by atoms with E-state index in [2.05, 4.69) is 27.1 Å². The number of aromatic nitrogens is 5. The Morgan fingerprint density at radius 1 is 1.27 bits per heavy atom. The summed E-state index contributed by atoms with van der Waals surface area (Å²) in [4.78, 5) is 8.47. The molecule has 0 aromatic carbocycles. The maximum absolute atomic E-state index is 4.28. The lowest BCUT2D eigenvalue weighted by molar-refractivity contribution is 0.681. The molecule has 0 saturated carbocycles. The van der Waals surface area contributed by atoms with Gasteiger partial charge in [0.1, 0.15) is 12.0 Å². The van der Waals surface area contributed by atoms with Crippen LogP contribution < -0.4 is 0 Å². The van der Waals surface area contributed by atoms with E-state index in [-0.39, 0.29) is 0 Å². The molecular formula is C10H13N5. The highest BCUT2D eigenvalue weighted by atomic mass is 15.3. The Morgan fingerprint density at radius 2 is 2.13 bits per heavy atom. The summed E-state index contributed by atoms with van der Waals surface area (Å²) >= 11 is 0. The molecular weight excluding hydrogens is 190 g/mol. The van der Waals surface area contributed by atoms with Gasteiger partial charge in [-0.1, -0.05) is 6.92 Å². The van der Waals surface area contributed by atoms with Crippen LogP contribution in [0.15, 0.2) is 18.7 Å². The predicted octanol–water partition coefficient (Wildman–Crippen LogP) is 1.45. The Labute approximate surface area is 88.2 Å². The highest BCUT2D eigenvalue weighted by molar-refractivity contribution is 5.46. The van der Waals surface area contributed by atoms with Gasteiger partial charge < -0.3 is 4.57 Å². The third-order valence-electron chi connectivity index (χ3n) is 2.09. The van der Waals surface area contributed by atoms with Gasteiger partial charge in [-0.15, -0.1) is 10.2 Å². The van der Waals surface area contributed by atoms with Crippen molar-refractivity contribution in [3.8, 4) is 11.5 Å². The van der Waals surface area contributed by atoms with E-state index in [1.807, 2.05) is 11.5 Å². The minimum Gasteiger partial charge on any atom is -0.312 e. The quantitative estimate of drug-likeness (QED) is 0.757. The minimum absolute atomic E-state index is 0.770. The maximum atomic E-state index is 4.28. The van der Waals surface area contributed by atoms with E-state index in [0.29, 0.717) is 0 Å². The van der Waals surface area contributed by atoms with Gasteiger partial charge in [0.15, 0.2) is 5.82 Å². The third-order valence-corrected chi connectivity index (χ3v) is 2.09. The molecule has 78 valence electrons. The first-order valence-electron chi connectivity index (χ1n) is 4.98. The monoisotopic (exact) mass is 203 g/mol. The first kappa shape index (κ1) is 9.76. The zero-order valence-electron chi connectivity index (χ0n) is 8.88. The molecule has 2 aromatic rings. The van der Waals surface area contributed by atoms with Crippen LogP contribution in [0.4, 0.5) is 0 Å². The molecule has 0 fully saturated rings. The molecule has 0 unspecified atom stereocenters. The van der Waals surface area contributed by atoms with Gasteiger partial charge in [0.05, 0.1) is 11.9 Å². The summed E-state index contributed by atoms with van der Waals surface area (Å²) in [6.45, 7) is 4.93. The second kappa shape index (κ2) is 4.16. The van der Waals surface area contributed by atoms with Crippen molar-refractivity contribution >= 4 is 0 Å². The molecule has 0 aliphatic carbocycles. The number of aryl methyl sites for hydroxylation is 2. The zero-order valence-corrected chi connectivity index (χ0v) is 8.88. The SMILES string of the molecule is CCCn1cnnc1-c1cnc(C)cn1. The van der Waals surface area contributed by atoms with E-state index >= 15 is 0 Å². The summed E-state index contributed by atoms with van der Waals surface area (Å²) < 4.78 is 1.99. The number of nitrogens with zero attached hydrogens (tertiary/aromatic N) is 5. The highest BCUT2D eigenvalue weighted by Crippen LogP contribution is 2.12. The van der Waals surface area contributed by atoms with Crippen LogP contribution in [0.1, 0.15) is 19.0 Å². The first-order chi connectivity index (χ1) is 7.31. The van der Waals surface area contributed by atoms with Crippen molar-refractivity contribution in [2.45, 2.75) is 26.8 Å². The van der Waals surface area contributed by atoms with Crippen molar-refractivity contribution in [1.29, 1.82) is 0 Å². The fourth-order valence-electron chi connectivity index (χ4n) is 1.37. The fourth-order valence-corrected chi connectivity index (χ4v) is 1.37. The molecule has 0 bridgehead atoms. The zero-order chi connectivity index (χ0) is 10.7. The Bertz CT molecular complexity index is 431. The van der Waals surface area contributed by atoms with Crippen molar-refractivity contribution in [3.63, 3.8) is 0 Å². The minimum atomic E-state index is 0.770. The van der Waals surface area contributed by atoms with Gasteiger partial charge in [0, 0.05) is 12.7 Å². The molecule has 0 radical (unpaired) electrons. The molecule has 0 saturated heterocycles. The smallest absolute Gasteiger partial charge is 0.183 e. The lowest BCUT2D eigenvalue weighted by atomic mass is 10.4. The molecule has 0 amide bonds. The van der Waals surface area contributed by atoms with Crippen LogP contribution in [0, 0.1) is 6.92 Å². The Balaban J connectivity index is 2.36. The van der Waals surface area contributed by atoms with E-state index in [9.17, 15) is 0 Å². The predicted molar refractivity (Wildman–Crippen MR) is 56.1 cm³/mol. The van der Waals surface area contributed by atoms with Crippen LogP contribution in [0.3, 0.4) is 0 Å². The van der Waals surface area contributed by atoms with Crippen molar-refractivity contribution in [2.24, 2.45) is 0 Å². The van der Waals surface area contributed by atoms with Gasteiger partial charge >= 0.3 is 0 Å². The van der Waals surface area contributed by atoms with Gasteiger partial charge in [-0.25, -0.2) is 4.98 Å². The number of rotatable bonds is 3. The van der Waals surface area contributed by atoms with Gasteiger partial charge in [-0.3, -0.25) is 4.98 Å². The summed E-state index contributed by atoms with van der Waals surface area (Å²) in [6, 6.07) is 0. The Morgan fingerprint density at radius 3 is 2.80 bits per heavy atom. The van der Waals surface area contributed by atoms with Crippen molar-refractivity contribution in [3.05, 3.63) is 24.4 Å². The largest absolute Gasteiger partial charge is 0.312 e. The fraction of sp³-hybridized carbons (Fsp3) is 0.400. The molecule has 0 atom stereocenters. The van der Waals surface area contributed by atoms with Crippen LogP contribution in [0.2, 0.25) is 0 Å². The highest BCUT2D eigenvalue weighted by Gasteiger charge is 2.07. The lowest BCUT2D eigenvalue weighted by Gasteiger charge is -2.03. The van der Waals surface area contributed by atoms with Crippen LogP contribution in [0.5, 0.6) is 0 Å². The molecule has 15 heavy (non-hydrogen) atoms. The van der Waals surface area contributed by atoms with Crippen molar-refractivity contribution in [1.82, 2.24) is 24.7 Å². The summed E-state index contributed by atoms with van der Waals surface area (Å²) in [6.07, 6.45) is 6.23. The molecule has 0 aliphatic heterocycles. The van der Waals surface area contributed by atoms with Crippen molar-refractivity contribution in [2.75, 3.05) is 0 Å². The number of hydrogen-bond acceptors (Lipinski definition) is 4. The summed E-state index contributed by atoms with van der Waals surface area (Å²) in [5, 5.41) is 7.93. The van der Waals surface area contributed by atoms with Crippen LogP contribution in [-0.4, -0.2) is 24.7 Å². The molecule has 5 heteroatoms. The normalized spacial score (nSPS) is 10.5. The Hall–Kier alpha value is -1.78. The summed E-state index contributed by atoms with van der Waals surface area (Å²) in [5.41, 5.74) is 1.67. The maximum Gasteiger partial charge on any atom is 0.183 e. The Kier molecular flexibility index (Phi) is 2.71. The van der Waals surface area contributed by atoms with E-state index in [1.165, 1.54) is 0 Å². The molecule has 0 spiro atoms. The molecule has 2 rings (SSSR count). The van der Waals surface area contributed by atoms with Gasteiger partial charge in [0.2, 0.25) is 0 Å². The van der Waals surface area contributed by atoms with Gasteiger partial charge in [-0.05, 0) is 13.3 Å². The average Bonchev–Trinajstić information content (AvgIpc) is 2.68. The van der Waals surface area contributed by atoms with Crippen LogP contribution in [-0.2, 0) is 6.54 Å². The van der Waals surface area contributed by atoms with Gasteiger partial charge in [-0.2, -0.15) is 0 Å². The number of hydrogen-bond donors (Lipinski definition) is 0. The van der Waals surface area contributed by atoms with E-state index < -0.39 is 0 Å². The second-order valence-corrected chi connectivity index (χ2v) is 3.39. The van der Waals surface area contributed by atoms with E-state index in [4.69, 9.17) is 0 Å². The summed E-state index contributed by atoms with van der Waals surface area (Å²) in [5.74, 6) is 0.782. The van der Waals surface area contributed by atoms with Gasteiger partial charge in [0.25, 0.3) is 0 Å². The summed E-state index contributed by atoms with van der Waals surface area (Å²) in [7, 11) is 0. The first-order valence-corrected chi connectivity index (χ1v) is 4.98.